The molecule has 10 heteroatoms. The van der Waals surface area contributed by atoms with E-state index in [4.69, 9.17) is 5.84 Å². The number of aromatic nitrogens is 2. The maximum atomic E-state index is 13.1. The Labute approximate surface area is 165 Å². The minimum absolute atomic E-state index is 0.0572. The molecule has 0 bridgehead atoms. The number of aromatic amines is 1. The number of nitrogens with two attached hydrogens (primary N) is 1. The normalized spacial score (nSPS) is 19.8. The summed E-state index contributed by atoms with van der Waals surface area (Å²) in [6.07, 6.45) is 0.955. The molecule has 1 aromatic carbocycles. The third-order valence-corrected chi connectivity index (χ3v) is 5.30. The Balaban J connectivity index is 1.95. The molecule has 10 nitrogen and oxygen atoms in total. The summed E-state index contributed by atoms with van der Waals surface area (Å²) in [7, 11) is 0. The van der Waals surface area contributed by atoms with Crippen molar-refractivity contribution in [3.05, 3.63) is 67.1 Å². The van der Waals surface area contributed by atoms with Crippen LogP contribution in [-0.2, 0) is 4.79 Å². The SMILES string of the molecule is CC1(C)CC(=O)C2=C(C1)Nc1nc(NN)[nH]c(=O)c1C2c1ccc([N+](=O)[O-])cc1. The predicted octanol–water partition coefficient (Wildman–Crippen LogP) is 2.16. The summed E-state index contributed by atoms with van der Waals surface area (Å²) in [6, 6.07) is 5.88. The lowest BCUT2D eigenvalue weighted by molar-refractivity contribution is -0.384. The molecule has 1 aliphatic carbocycles. The summed E-state index contributed by atoms with van der Waals surface area (Å²) in [4.78, 5) is 43.3. The molecule has 1 unspecified atom stereocenters. The summed E-state index contributed by atoms with van der Waals surface area (Å²) >= 11 is 0. The molecular formula is C19H20N6O4. The maximum Gasteiger partial charge on any atom is 0.269 e. The van der Waals surface area contributed by atoms with Gasteiger partial charge in [0.2, 0.25) is 5.95 Å². The summed E-state index contributed by atoms with van der Waals surface area (Å²) < 4.78 is 0. The quantitative estimate of drug-likeness (QED) is 0.349. The van der Waals surface area contributed by atoms with E-state index in [0.29, 0.717) is 35.5 Å². The molecule has 2 aromatic rings. The lowest BCUT2D eigenvalue weighted by Gasteiger charge is -2.38. The molecule has 150 valence electrons. The fourth-order valence-electron chi connectivity index (χ4n) is 4.10. The number of fused-ring (bicyclic) bond motifs is 1. The Morgan fingerprint density at radius 3 is 2.55 bits per heavy atom. The monoisotopic (exact) mass is 396 g/mol. The topological polar surface area (TPSA) is 156 Å². The number of nitrogens with one attached hydrogen (secondary N) is 3. The van der Waals surface area contributed by atoms with Crippen molar-refractivity contribution >= 4 is 23.2 Å². The Kier molecular flexibility index (Phi) is 4.23. The van der Waals surface area contributed by atoms with E-state index in [1.165, 1.54) is 12.1 Å². The minimum atomic E-state index is -0.672. The van der Waals surface area contributed by atoms with E-state index in [2.05, 4.69) is 20.7 Å². The second-order valence-corrected chi connectivity index (χ2v) is 8.06. The number of ketones is 1. The third kappa shape index (κ3) is 3.17. The number of nitro benzene ring substituents is 1. The van der Waals surface area contributed by atoms with Crippen LogP contribution in [0.25, 0.3) is 0 Å². The average molecular weight is 396 g/mol. The molecule has 2 aliphatic rings. The van der Waals surface area contributed by atoms with Gasteiger partial charge in [-0.15, -0.1) is 0 Å². The Bertz CT molecular complexity index is 1120. The molecule has 1 aliphatic heterocycles. The summed E-state index contributed by atoms with van der Waals surface area (Å²) in [5.41, 5.74) is 3.69. The molecule has 0 amide bonds. The zero-order valence-electron chi connectivity index (χ0n) is 15.9. The molecule has 4 rings (SSSR count). The first-order valence-electron chi connectivity index (χ1n) is 9.08. The van der Waals surface area contributed by atoms with Crippen molar-refractivity contribution in [1.29, 1.82) is 0 Å². The molecule has 0 radical (unpaired) electrons. The van der Waals surface area contributed by atoms with Crippen LogP contribution in [0.4, 0.5) is 17.5 Å². The number of nitrogens with zero attached hydrogens (tertiary/aromatic N) is 2. The standard InChI is InChI=1S/C19H20N6O4/c1-19(2)7-11-14(12(26)8-19)13(9-3-5-10(6-4-9)25(28)29)15-16(21-11)22-18(24-20)23-17(15)27/h3-6,13H,7-8,20H2,1-2H3,(H3,21,22,23,24,27). The van der Waals surface area contributed by atoms with Gasteiger partial charge < -0.3 is 5.32 Å². The Morgan fingerprint density at radius 1 is 1.24 bits per heavy atom. The number of non-ortho nitro benzene ring substituents is 1. The van der Waals surface area contributed by atoms with Crippen LogP contribution in [-0.4, -0.2) is 20.7 Å². The summed E-state index contributed by atoms with van der Waals surface area (Å²) in [5.74, 6) is 5.08. The van der Waals surface area contributed by atoms with Gasteiger partial charge in [-0.25, -0.2) is 5.84 Å². The van der Waals surface area contributed by atoms with Gasteiger partial charge in [0, 0.05) is 35.7 Å². The largest absolute Gasteiger partial charge is 0.343 e. The van der Waals surface area contributed by atoms with Gasteiger partial charge in [-0.05, 0) is 17.4 Å². The van der Waals surface area contributed by atoms with Gasteiger partial charge in [0.25, 0.3) is 11.2 Å². The van der Waals surface area contributed by atoms with Crippen molar-refractivity contribution in [2.75, 3.05) is 10.7 Å². The van der Waals surface area contributed by atoms with E-state index in [-0.39, 0.29) is 28.4 Å². The van der Waals surface area contributed by atoms with Crippen molar-refractivity contribution in [3.8, 4) is 0 Å². The van der Waals surface area contributed by atoms with E-state index in [1.54, 1.807) is 12.1 Å². The molecule has 0 saturated heterocycles. The lowest BCUT2D eigenvalue weighted by Crippen LogP contribution is -2.37. The first kappa shape index (κ1) is 18.8. The van der Waals surface area contributed by atoms with Crippen LogP contribution in [0.15, 0.2) is 40.3 Å². The minimum Gasteiger partial charge on any atom is -0.343 e. The number of carbonyl (C=O) groups excluding carboxylic acids is 1. The van der Waals surface area contributed by atoms with Crippen LogP contribution in [0.3, 0.4) is 0 Å². The molecule has 0 spiro atoms. The zero-order valence-corrected chi connectivity index (χ0v) is 15.9. The van der Waals surface area contributed by atoms with Crippen molar-refractivity contribution in [2.45, 2.75) is 32.6 Å². The van der Waals surface area contributed by atoms with Crippen LogP contribution < -0.4 is 22.1 Å². The number of hydrazine groups is 1. The number of hydrogen-bond donors (Lipinski definition) is 4. The van der Waals surface area contributed by atoms with Crippen LogP contribution in [0.5, 0.6) is 0 Å². The number of benzene rings is 1. The van der Waals surface area contributed by atoms with Gasteiger partial charge in [-0.2, -0.15) is 4.98 Å². The molecule has 0 saturated carbocycles. The second-order valence-electron chi connectivity index (χ2n) is 8.06. The Hall–Kier alpha value is -3.53. The van der Waals surface area contributed by atoms with Crippen molar-refractivity contribution in [2.24, 2.45) is 11.3 Å². The molecule has 0 fully saturated rings. The number of allylic oxidation sites excluding steroid dienone is 2. The molecular weight excluding hydrogens is 376 g/mol. The highest BCUT2D eigenvalue weighted by molar-refractivity contribution is 6.01. The van der Waals surface area contributed by atoms with E-state index in [9.17, 15) is 19.7 Å². The van der Waals surface area contributed by atoms with Gasteiger partial charge >= 0.3 is 0 Å². The fourth-order valence-corrected chi connectivity index (χ4v) is 4.10. The number of nitro groups is 1. The van der Waals surface area contributed by atoms with Crippen LogP contribution >= 0.6 is 0 Å². The number of rotatable bonds is 3. The van der Waals surface area contributed by atoms with Gasteiger partial charge in [0.1, 0.15) is 5.82 Å². The van der Waals surface area contributed by atoms with E-state index in [1.807, 2.05) is 13.8 Å². The number of hydrogen-bond acceptors (Lipinski definition) is 8. The second kappa shape index (κ2) is 6.52. The zero-order chi connectivity index (χ0) is 20.9. The van der Waals surface area contributed by atoms with Crippen LogP contribution in [0.2, 0.25) is 0 Å². The van der Waals surface area contributed by atoms with Crippen molar-refractivity contribution in [3.63, 3.8) is 0 Å². The van der Waals surface area contributed by atoms with Crippen LogP contribution in [0, 0.1) is 15.5 Å². The van der Waals surface area contributed by atoms with Gasteiger partial charge in [0.15, 0.2) is 5.78 Å². The fraction of sp³-hybridized carbons (Fsp3) is 0.316. The smallest absolute Gasteiger partial charge is 0.269 e. The predicted molar refractivity (Wildman–Crippen MR) is 106 cm³/mol. The molecule has 5 N–H and O–H groups in total. The highest BCUT2D eigenvalue weighted by Gasteiger charge is 2.42. The van der Waals surface area contributed by atoms with Gasteiger partial charge in [-0.1, -0.05) is 26.0 Å². The lowest BCUT2D eigenvalue weighted by atomic mass is 9.69. The highest BCUT2D eigenvalue weighted by Crippen LogP contribution is 2.47. The molecule has 1 aromatic heterocycles. The Morgan fingerprint density at radius 2 is 1.93 bits per heavy atom. The number of anilines is 2. The van der Waals surface area contributed by atoms with Crippen LogP contribution in [0.1, 0.15) is 43.7 Å². The highest BCUT2D eigenvalue weighted by atomic mass is 16.6. The van der Waals surface area contributed by atoms with E-state index in [0.717, 1.165) is 0 Å². The van der Waals surface area contributed by atoms with Crippen molar-refractivity contribution in [1.82, 2.24) is 9.97 Å². The summed E-state index contributed by atoms with van der Waals surface area (Å²) in [6.45, 7) is 4.01. The van der Waals surface area contributed by atoms with Gasteiger partial charge in [-0.3, -0.25) is 30.1 Å². The first-order chi connectivity index (χ1) is 13.7. The first-order valence-corrected chi connectivity index (χ1v) is 9.08. The third-order valence-electron chi connectivity index (χ3n) is 5.30. The number of carbonyl (C=O) groups is 1. The number of Topliss-reactive ketones (excluding diaryl/α,β-unsaturated/α-hetero) is 1. The molecule has 2 heterocycles. The summed E-state index contributed by atoms with van der Waals surface area (Å²) in [5, 5.41) is 14.2. The average Bonchev–Trinajstić information content (AvgIpc) is 2.65. The molecule has 1 atom stereocenters. The number of H-pyrrole nitrogens is 1. The maximum absolute atomic E-state index is 13.1. The van der Waals surface area contributed by atoms with Crippen molar-refractivity contribution < 1.29 is 9.72 Å². The molecule has 29 heavy (non-hydrogen) atoms. The van der Waals surface area contributed by atoms with E-state index >= 15 is 0 Å². The van der Waals surface area contributed by atoms with Gasteiger partial charge in [0.05, 0.1) is 10.5 Å². The van der Waals surface area contributed by atoms with E-state index < -0.39 is 16.4 Å². The number of nitrogen functional groups attached to an aromatic ring is 1.